The molecule has 0 fully saturated rings. The molecule has 0 bridgehead atoms. The maximum absolute atomic E-state index is 12.6. The van der Waals surface area contributed by atoms with Gasteiger partial charge in [0, 0.05) is 16.8 Å². The smallest absolute Gasteiger partial charge is 0.255 e. The van der Waals surface area contributed by atoms with Crippen molar-refractivity contribution in [1.82, 2.24) is 0 Å². The number of ether oxygens (including phenoxy) is 1. The van der Waals surface area contributed by atoms with Crippen molar-refractivity contribution in [3.8, 4) is 17.1 Å². The fourth-order valence-electron chi connectivity index (χ4n) is 3.05. The molecule has 4 rings (SSSR count). The minimum atomic E-state index is -0.252. The average Bonchev–Trinajstić information content (AvgIpc) is 3.29. The Labute approximate surface area is 184 Å². The van der Waals surface area contributed by atoms with Crippen LogP contribution < -0.4 is 10.1 Å². The highest BCUT2D eigenvalue weighted by atomic mass is 35.5. The molecule has 156 valence electrons. The van der Waals surface area contributed by atoms with E-state index < -0.39 is 0 Å². The molecule has 5 nitrogen and oxygen atoms in total. The Bertz CT molecular complexity index is 1170. The van der Waals surface area contributed by atoms with Gasteiger partial charge in [-0.05, 0) is 60.2 Å². The van der Waals surface area contributed by atoms with Gasteiger partial charge in [-0.15, -0.1) is 0 Å². The quantitative estimate of drug-likeness (QED) is 0.379. The van der Waals surface area contributed by atoms with Gasteiger partial charge >= 0.3 is 0 Å². The van der Waals surface area contributed by atoms with Crippen molar-refractivity contribution in [3.05, 3.63) is 107 Å². The Morgan fingerprint density at radius 1 is 0.968 bits per heavy atom. The van der Waals surface area contributed by atoms with Crippen LogP contribution in [0.4, 0.5) is 5.69 Å². The molecule has 0 aliphatic carbocycles. The fraction of sp³-hybridized carbons (Fsp3) is 0.0800. The van der Waals surface area contributed by atoms with Crippen molar-refractivity contribution in [2.75, 3.05) is 5.32 Å². The van der Waals surface area contributed by atoms with Gasteiger partial charge in [0.15, 0.2) is 0 Å². The van der Waals surface area contributed by atoms with Gasteiger partial charge in [-0.25, -0.2) is 0 Å². The summed E-state index contributed by atoms with van der Waals surface area (Å²) in [7, 11) is 0. The number of hydrogen-bond donors (Lipinski definition) is 2. The maximum Gasteiger partial charge on any atom is 0.255 e. The first kappa shape index (κ1) is 20.7. The summed E-state index contributed by atoms with van der Waals surface area (Å²) in [5.74, 6) is 1.39. The third-order valence-corrected chi connectivity index (χ3v) is 5.00. The Hall–Kier alpha value is -3.54. The van der Waals surface area contributed by atoms with Crippen LogP contribution in [0.1, 0.15) is 21.7 Å². The normalized spacial score (nSPS) is 10.6. The number of rotatable bonds is 7. The van der Waals surface area contributed by atoms with Crippen molar-refractivity contribution in [1.29, 1.82) is 0 Å². The zero-order valence-electron chi connectivity index (χ0n) is 16.5. The van der Waals surface area contributed by atoms with Gasteiger partial charge in [0.25, 0.3) is 5.91 Å². The predicted molar refractivity (Wildman–Crippen MR) is 120 cm³/mol. The monoisotopic (exact) mass is 433 g/mol. The second kappa shape index (κ2) is 9.51. The summed E-state index contributed by atoms with van der Waals surface area (Å²) in [4.78, 5) is 12.6. The molecule has 0 saturated carbocycles. The Morgan fingerprint density at radius 2 is 1.74 bits per heavy atom. The van der Waals surface area contributed by atoms with Gasteiger partial charge in [0.1, 0.15) is 30.5 Å². The summed E-state index contributed by atoms with van der Waals surface area (Å²) in [6.07, 6.45) is 0. The molecule has 0 unspecified atom stereocenters. The van der Waals surface area contributed by atoms with E-state index in [1.807, 2.05) is 30.3 Å². The first-order valence-electron chi connectivity index (χ1n) is 9.70. The Balaban J connectivity index is 1.42. The fourth-order valence-corrected chi connectivity index (χ4v) is 3.26. The molecule has 0 saturated heterocycles. The molecule has 6 heteroatoms. The number of hydrogen-bond acceptors (Lipinski definition) is 4. The first-order chi connectivity index (χ1) is 15.1. The zero-order chi connectivity index (χ0) is 21.6. The average molecular weight is 434 g/mol. The minimum Gasteiger partial charge on any atom is -0.489 e. The van der Waals surface area contributed by atoms with Gasteiger partial charge in [0.05, 0.1) is 5.02 Å². The predicted octanol–water partition coefficient (Wildman–Crippen LogP) is 5.92. The van der Waals surface area contributed by atoms with Crippen molar-refractivity contribution >= 4 is 23.2 Å². The number of aliphatic hydroxyl groups excluding tert-OH is 1. The summed E-state index contributed by atoms with van der Waals surface area (Å²) in [5, 5.41) is 12.5. The van der Waals surface area contributed by atoms with Crippen LogP contribution in [-0.4, -0.2) is 11.0 Å². The topological polar surface area (TPSA) is 71.7 Å². The lowest BCUT2D eigenvalue weighted by Crippen LogP contribution is -2.11. The number of aliphatic hydroxyl groups is 1. The summed E-state index contributed by atoms with van der Waals surface area (Å²) < 4.78 is 11.3. The number of amides is 1. The van der Waals surface area contributed by atoms with E-state index >= 15 is 0 Å². The molecule has 0 atom stereocenters. The van der Waals surface area contributed by atoms with Crippen molar-refractivity contribution in [3.63, 3.8) is 0 Å². The van der Waals surface area contributed by atoms with E-state index in [0.717, 1.165) is 5.56 Å². The highest BCUT2D eigenvalue weighted by Crippen LogP contribution is 2.32. The molecule has 3 aromatic carbocycles. The number of benzene rings is 3. The third kappa shape index (κ3) is 5.15. The molecule has 1 aromatic heterocycles. The van der Waals surface area contributed by atoms with Gasteiger partial charge in [0.2, 0.25) is 0 Å². The van der Waals surface area contributed by atoms with Crippen LogP contribution in [0.25, 0.3) is 11.3 Å². The van der Waals surface area contributed by atoms with Crippen LogP contribution >= 0.6 is 11.6 Å². The van der Waals surface area contributed by atoms with E-state index in [-0.39, 0.29) is 12.5 Å². The molecule has 0 aliphatic heterocycles. The van der Waals surface area contributed by atoms with Crippen LogP contribution in [0.5, 0.6) is 5.75 Å². The van der Waals surface area contributed by atoms with Crippen LogP contribution in [0.3, 0.4) is 0 Å². The van der Waals surface area contributed by atoms with E-state index in [4.69, 9.17) is 20.8 Å². The van der Waals surface area contributed by atoms with Gasteiger partial charge in [-0.2, -0.15) is 0 Å². The molecule has 31 heavy (non-hydrogen) atoms. The molecular formula is C25H20ClNO4. The van der Waals surface area contributed by atoms with E-state index in [1.165, 1.54) is 0 Å². The Morgan fingerprint density at radius 3 is 2.45 bits per heavy atom. The summed E-state index contributed by atoms with van der Waals surface area (Å²) in [6, 6.07) is 25.4. The molecule has 0 aliphatic rings. The molecule has 1 amide bonds. The van der Waals surface area contributed by atoms with Gasteiger partial charge in [-0.3, -0.25) is 4.79 Å². The molecule has 0 radical (unpaired) electrons. The number of carbonyl (C=O) groups is 1. The highest BCUT2D eigenvalue weighted by molar-refractivity contribution is 6.33. The lowest BCUT2D eigenvalue weighted by atomic mass is 10.1. The minimum absolute atomic E-state index is 0.195. The maximum atomic E-state index is 12.6. The summed E-state index contributed by atoms with van der Waals surface area (Å²) >= 11 is 6.28. The van der Waals surface area contributed by atoms with Gasteiger partial charge in [-0.1, -0.05) is 41.9 Å². The Kier molecular flexibility index (Phi) is 6.36. The summed E-state index contributed by atoms with van der Waals surface area (Å²) in [5.41, 5.74) is 2.79. The van der Waals surface area contributed by atoms with Crippen molar-refractivity contribution < 1.29 is 19.1 Å². The van der Waals surface area contributed by atoms with Crippen LogP contribution in [0.2, 0.25) is 5.02 Å². The lowest BCUT2D eigenvalue weighted by Gasteiger charge is -2.10. The standard InChI is InChI=1S/C25H20ClNO4/c26-23-12-8-19(14-22(23)24-13-11-21(15-28)31-24)27-25(29)18-6-9-20(10-7-18)30-16-17-4-2-1-3-5-17/h1-14,28H,15-16H2,(H,27,29). The van der Waals surface area contributed by atoms with Crippen molar-refractivity contribution in [2.24, 2.45) is 0 Å². The molecule has 2 N–H and O–H groups in total. The number of carbonyl (C=O) groups excluding carboxylic acids is 1. The van der Waals surface area contributed by atoms with E-state index in [0.29, 0.717) is 45.7 Å². The lowest BCUT2D eigenvalue weighted by molar-refractivity contribution is 0.102. The number of halogens is 1. The number of nitrogens with one attached hydrogen (secondary N) is 1. The van der Waals surface area contributed by atoms with E-state index in [1.54, 1.807) is 54.6 Å². The third-order valence-electron chi connectivity index (χ3n) is 4.67. The number of furan rings is 1. The number of anilines is 1. The van der Waals surface area contributed by atoms with Crippen LogP contribution in [0, 0.1) is 0 Å². The molecular weight excluding hydrogens is 414 g/mol. The molecule has 0 spiro atoms. The zero-order valence-corrected chi connectivity index (χ0v) is 17.3. The van der Waals surface area contributed by atoms with Gasteiger partial charge < -0.3 is 19.6 Å². The largest absolute Gasteiger partial charge is 0.489 e. The van der Waals surface area contributed by atoms with Crippen LogP contribution in [-0.2, 0) is 13.2 Å². The summed E-state index contributed by atoms with van der Waals surface area (Å²) in [6.45, 7) is 0.268. The van der Waals surface area contributed by atoms with E-state index in [9.17, 15) is 9.90 Å². The van der Waals surface area contributed by atoms with Crippen molar-refractivity contribution in [2.45, 2.75) is 13.2 Å². The second-order valence-electron chi connectivity index (χ2n) is 6.87. The SMILES string of the molecule is O=C(Nc1ccc(Cl)c(-c2ccc(CO)o2)c1)c1ccc(OCc2ccccc2)cc1. The van der Waals surface area contributed by atoms with E-state index in [2.05, 4.69) is 5.32 Å². The highest BCUT2D eigenvalue weighted by Gasteiger charge is 2.12. The molecule has 1 heterocycles. The second-order valence-corrected chi connectivity index (χ2v) is 7.28. The molecule has 4 aromatic rings. The first-order valence-corrected chi connectivity index (χ1v) is 10.1. The van der Waals surface area contributed by atoms with Crippen LogP contribution in [0.15, 0.2) is 89.3 Å².